The van der Waals surface area contributed by atoms with Crippen molar-refractivity contribution in [1.82, 2.24) is 19.9 Å². The molecule has 0 atom stereocenters. The summed E-state index contributed by atoms with van der Waals surface area (Å²) in [5.41, 5.74) is 1.90. The van der Waals surface area contributed by atoms with Gasteiger partial charge in [0.05, 0.1) is 0 Å². The molecule has 2 heterocycles. The van der Waals surface area contributed by atoms with Crippen LogP contribution in [0.2, 0.25) is 5.15 Å². The van der Waals surface area contributed by atoms with E-state index < -0.39 is 0 Å². The molecule has 78 valence electrons. The van der Waals surface area contributed by atoms with Crippen molar-refractivity contribution in [1.29, 1.82) is 0 Å². The third-order valence-electron chi connectivity index (χ3n) is 2.23. The summed E-state index contributed by atoms with van der Waals surface area (Å²) in [6.45, 7) is 3.96. The minimum Gasteiger partial charge on any atom is -0.342 e. The van der Waals surface area contributed by atoms with Gasteiger partial charge in [-0.15, -0.1) is 0 Å². The van der Waals surface area contributed by atoms with Crippen molar-refractivity contribution in [3.63, 3.8) is 0 Å². The number of aryl methyl sites for hydroxylation is 1. The number of nitrogens with one attached hydrogen (secondary N) is 1. The van der Waals surface area contributed by atoms with Crippen molar-refractivity contribution in [3.8, 4) is 11.6 Å². The lowest BCUT2D eigenvalue weighted by molar-refractivity contribution is 0.990. The summed E-state index contributed by atoms with van der Waals surface area (Å²) < 4.78 is 0. The molecule has 0 unspecified atom stereocenters. The maximum Gasteiger partial charge on any atom is 0.197 e. The zero-order valence-corrected chi connectivity index (χ0v) is 9.34. The predicted molar refractivity (Wildman–Crippen MR) is 58.7 cm³/mol. The van der Waals surface area contributed by atoms with Crippen LogP contribution in [0.25, 0.3) is 11.6 Å². The van der Waals surface area contributed by atoms with Gasteiger partial charge in [0.25, 0.3) is 0 Å². The summed E-state index contributed by atoms with van der Waals surface area (Å²) >= 11 is 6.06. The van der Waals surface area contributed by atoms with Crippen molar-refractivity contribution in [2.24, 2.45) is 0 Å². The fourth-order valence-electron chi connectivity index (χ4n) is 1.46. The summed E-state index contributed by atoms with van der Waals surface area (Å²) in [5, 5.41) is 0.511. The summed E-state index contributed by atoms with van der Waals surface area (Å²) in [6, 6.07) is 0. The first kappa shape index (κ1) is 10.1. The van der Waals surface area contributed by atoms with E-state index in [4.69, 9.17) is 11.6 Å². The van der Waals surface area contributed by atoms with Gasteiger partial charge in [-0.05, 0) is 13.3 Å². The number of imidazole rings is 1. The minimum atomic E-state index is 0.511. The van der Waals surface area contributed by atoms with Crippen molar-refractivity contribution in [2.45, 2.75) is 20.3 Å². The van der Waals surface area contributed by atoms with Crippen molar-refractivity contribution in [3.05, 3.63) is 28.8 Å². The van der Waals surface area contributed by atoms with Crippen LogP contribution in [-0.2, 0) is 6.42 Å². The number of nitrogens with zero attached hydrogens (tertiary/aromatic N) is 3. The van der Waals surface area contributed by atoms with E-state index in [1.54, 1.807) is 12.4 Å². The van der Waals surface area contributed by atoms with E-state index in [0.29, 0.717) is 16.8 Å². The van der Waals surface area contributed by atoms with Crippen molar-refractivity contribution in [2.75, 3.05) is 0 Å². The molecular formula is C10H11ClN4. The molecule has 1 N–H and O–H groups in total. The fourth-order valence-corrected chi connectivity index (χ4v) is 1.81. The topological polar surface area (TPSA) is 54.5 Å². The molecule has 0 aliphatic carbocycles. The highest BCUT2D eigenvalue weighted by molar-refractivity contribution is 6.30. The summed E-state index contributed by atoms with van der Waals surface area (Å²) in [7, 11) is 0. The number of hydrogen-bond donors (Lipinski definition) is 1. The fraction of sp³-hybridized carbons (Fsp3) is 0.300. The van der Waals surface area contributed by atoms with Crippen LogP contribution in [-0.4, -0.2) is 19.9 Å². The van der Waals surface area contributed by atoms with Gasteiger partial charge < -0.3 is 4.98 Å². The Balaban J connectivity index is 2.53. The normalized spacial score (nSPS) is 10.6. The molecule has 0 saturated carbocycles. The Morgan fingerprint density at radius 1 is 1.40 bits per heavy atom. The molecule has 15 heavy (non-hydrogen) atoms. The van der Waals surface area contributed by atoms with Gasteiger partial charge in [-0.3, -0.25) is 0 Å². The third kappa shape index (κ3) is 1.85. The van der Waals surface area contributed by atoms with Gasteiger partial charge in [0, 0.05) is 23.7 Å². The molecular weight excluding hydrogens is 212 g/mol. The van der Waals surface area contributed by atoms with Gasteiger partial charge in [0.1, 0.15) is 5.15 Å². The maximum absolute atomic E-state index is 6.06. The van der Waals surface area contributed by atoms with Gasteiger partial charge >= 0.3 is 0 Å². The maximum atomic E-state index is 6.06. The third-order valence-corrected chi connectivity index (χ3v) is 2.54. The van der Waals surface area contributed by atoms with Crippen molar-refractivity contribution < 1.29 is 0 Å². The monoisotopic (exact) mass is 222 g/mol. The zero-order valence-electron chi connectivity index (χ0n) is 8.58. The standard InChI is InChI=1S/C10H11ClN4/c1-3-7-6(2)14-10(15-8(7)11)9-12-4-5-13-9/h4-5H,3H2,1-2H3,(H,12,13). The lowest BCUT2D eigenvalue weighted by Crippen LogP contribution is -1.99. The van der Waals surface area contributed by atoms with Crippen LogP contribution >= 0.6 is 11.6 Å². The Hall–Kier alpha value is -1.42. The molecule has 4 nitrogen and oxygen atoms in total. The summed E-state index contributed by atoms with van der Waals surface area (Å²) in [6.07, 6.45) is 4.23. The van der Waals surface area contributed by atoms with E-state index in [2.05, 4.69) is 19.9 Å². The lowest BCUT2D eigenvalue weighted by Gasteiger charge is -2.05. The zero-order chi connectivity index (χ0) is 10.8. The number of aromatic amines is 1. The molecule has 0 aliphatic heterocycles. The Labute approximate surface area is 92.8 Å². The van der Waals surface area contributed by atoms with Gasteiger partial charge in [-0.2, -0.15) is 0 Å². The van der Waals surface area contributed by atoms with Crippen LogP contribution in [0, 0.1) is 6.92 Å². The largest absolute Gasteiger partial charge is 0.342 e. The number of rotatable bonds is 2. The molecule has 0 bridgehead atoms. The van der Waals surface area contributed by atoms with Crippen LogP contribution < -0.4 is 0 Å². The van der Waals surface area contributed by atoms with E-state index in [-0.39, 0.29) is 0 Å². The number of H-pyrrole nitrogens is 1. The smallest absolute Gasteiger partial charge is 0.197 e. The molecule has 0 spiro atoms. The van der Waals surface area contributed by atoms with E-state index >= 15 is 0 Å². The average Bonchev–Trinajstić information content (AvgIpc) is 2.69. The number of hydrogen-bond acceptors (Lipinski definition) is 3. The molecule has 2 rings (SSSR count). The average molecular weight is 223 g/mol. The molecule has 0 saturated heterocycles. The van der Waals surface area contributed by atoms with Crippen LogP contribution in [0.4, 0.5) is 0 Å². The molecule has 0 aliphatic rings. The Kier molecular flexibility index (Phi) is 2.68. The molecule has 0 amide bonds. The first-order valence-electron chi connectivity index (χ1n) is 4.75. The van der Waals surface area contributed by atoms with Crippen LogP contribution in [0.3, 0.4) is 0 Å². The van der Waals surface area contributed by atoms with Crippen LogP contribution in [0.5, 0.6) is 0 Å². The van der Waals surface area contributed by atoms with Gasteiger partial charge in [-0.1, -0.05) is 18.5 Å². The quantitative estimate of drug-likeness (QED) is 0.794. The second kappa shape index (κ2) is 3.98. The lowest BCUT2D eigenvalue weighted by atomic mass is 10.2. The van der Waals surface area contributed by atoms with Gasteiger partial charge in [0.15, 0.2) is 11.6 Å². The highest BCUT2D eigenvalue weighted by Crippen LogP contribution is 2.20. The van der Waals surface area contributed by atoms with Crippen LogP contribution in [0.15, 0.2) is 12.4 Å². The molecule has 2 aromatic rings. The van der Waals surface area contributed by atoms with Gasteiger partial charge in [-0.25, -0.2) is 15.0 Å². The van der Waals surface area contributed by atoms with E-state index in [1.165, 1.54) is 0 Å². The van der Waals surface area contributed by atoms with E-state index in [9.17, 15) is 0 Å². The van der Waals surface area contributed by atoms with Gasteiger partial charge in [0.2, 0.25) is 0 Å². The molecule has 0 fully saturated rings. The second-order valence-electron chi connectivity index (χ2n) is 3.19. The Morgan fingerprint density at radius 3 is 2.73 bits per heavy atom. The Morgan fingerprint density at radius 2 is 2.20 bits per heavy atom. The van der Waals surface area contributed by atoms with Crippen molar-refractivity contribution >= 4 is 11.6 Å². The Bertz CT molecular complexity index is 441. The number of halogens is 1. The molecule has 5 heteroatoms. The molecule has 0 radical (unpaired) electrons. The van der Waals surface area contributed by atoms with E-state index in [1.807, 2.05) is 13.8 Å². The molecule has 0 aromatic carbocycles. The van der Waals surface area contributed by atoms with Crippen LogP contribution in [0.1, 0.15) is 18.2 Å². The summed E-state index contributed by atoms with van der Waals surface area (Å²) in [5.74, 6) is 1.18. The first-order valence-corrected chi connectivity index (χ1v) is 5.13. The number of aromatic nitrogens is 4. The first-order chi connectivity index (χ1) is 7.22. The summed E-state index contributed by atoms with van der Waals surface area (Å²) in [4.78, 5) is 15.6. The SMILES string of the molecule is CCc1c(C)nc(-c2ncc[nH]2)nc1Cl. The molecule has 2 aromatic heterocycles. The van der Waals surface area contributed by atoms with E-state index in [0.717, 1.165) is 17.7 Å². The highest BCUT2D eigenvalue weighted by atomic mass is 35.5. The minimum absolute atomic E-state index is 0.511. The highest BCUT2D eigenvalue weighted by Gasteiger charge is 2.10. The predicted octanol–water partition coefficient (Wildman–Crippen LogP) is 2.39. The second-order valence-corrected chi connectivity index (χ2v) is 3.55.